The molecule has 0 saturated heterocycles. The number of nitrogens with one attached hydrogen (secondary N) is 1. The number of carbonyl (C=O) groups excluding carboxylic acids is 2. The molecule has 0 aliphatic carbocycles. The van der Waals surface area contributed by atoms with Crippen LogP contribution < -0.4 is 15.0 Å². The lowest BCUT2D eigenvalue weighted by Crippen LogP contribution is -2.28. The standard InChI is InChI=1S/C27H20N2O3S/c30-26(25-19-6-1-3-8-22(19)32-23-9-4-2-7-20(23)25)28-18-12-11-17-13-14-29(21(17)16-18)27(31)24-10-5-15-33-24/h1-12,15-16,25H,13-14H2,(H,28,30). The minimum atomic E-state index is -0.483. The van der Waals surface area contributed by atoms with E-state index in [9.17, 15) is 9.59 Å². The molecule has 0 atom stereocenters. The Morgan fingerprint density at radius 1 is 0.909 bits per heavy atom. The second kappa shape index (κ2) is 7.90. The van der Waals surface area contributed by atoms with E-state index in [0.717, 1.165) is 28.8 Å². The van der Waals surface area contributed by atoms with Gasteiger partial charge in [-0.1, -0.05) is 48.5 Å². The van der Waals surface area contributed by atoms with Crippen molar-refractivity contribution >= 4 is 34.5 Å². The smallest absolute Gasteiger partial charge is 0.268 e. The molecule has 0 saturated carbocycles. The molecule has 0 radical (unpaired) electrons. The van der Waals surface area contributed by atoms with E-state index in [1.54, 1.807) is 4.90 Å². The average Bonchev–Trinajstić information content (AvgIpc) is 3.52. The lowest BCUT2D eigenvalue weighted by Gasteiger charge is -2.27. The highest BCUT2D eigenvalue weighted by Crippen LogP contribution is 2.44. The second-order valence-corrected chi connectivity index (χ2v) is 9.08. The third kappa shape index (κ3) is 3.39. The number of thiophene rings is 1. The highest BCUT2D eigenvalue weighted by Gasteiger charge is 2.33. The topological polar surface area (TPSA) is 58.6 Å². The number of nitrogens with zero attached hydrogens (tertiary/aromatic N) is 1. The first-order valence-electron chi connectivity index (χ1n) is 10.8. The first-order chi connectivity index (χ1) is 16.2. The lowest BCUT2D eigenvalue weighted by molar-refractivity contribution is -0.116. The minimum Gasteiger partial charge on any atom is -0.457 e. The number of para-hydroxylation sites is 2. The Morgan fingerprint density at radius 3 is 2.33 bits per heavy atom. The molecule has 0 bridgehead atoms. The highest BCUT2D eigenvalue weighted by molar-refractivity contribution is 7.12. The zero-order valence-electron chi connectivity index (χ0n) is 17.7. The zero-order chi connectivity index (χ0) is 22.4. The van der Waals surface area contributed by atoms with E-state index >= 15 is 0 Å². The van der Waals surface area contributed by atoms with E-state index in [1.165, 1.54) is 11.3 Å². The van der Waals surface area contributed by atoms with Gasteiger partial charge in [-0.05, 0) is 47.7 Å². The molecule has 3 heterocycles. The van der Waals surface area contributed by atoms with Crippen LogP contribution in [0.15, 0.2) is 84.2 Å². The first kappa shape index (κ1) is 19.8. The van der Waals surface area contributed by atoms with Crippen LogP contribution in [0, 0.1) is 0 Å². The summed E-state index contributed by atoms with van der Waals surface area (Å²) in [5.41, 5.74) is 4.32. The molecule has 2 aliphatic rings. The molecular formula is C27H20N2O3S. The molecule has 1 N–H and O–H groups in total. The molecule has 2 amide bonds. The van der Waals surface area contributed by atoms with E-state index in [2.05, 4.69) is 5.32 Å². The van der Waals surface area contributed by atoms with E-state index in [0.29, 0.717) is 28.6 Å². The van der Waals surface area contributed by atoms with Crippen molar-refractivity contribution in [1.29, 1.82) is 0 Å². The number of carbonyl (C=O) groups is 2. The Labute approximate surface area is 195 Å². The van der Waals surface area contributed by atoms with Crippen LogP contribution in [-0.4, -0.2) is 18.4 Å². The monoisotopic (exact) mass is 452 g/mol. The fourth-order valence-corrected chi connectivity index (χ4v) is 5.28. The van der Waals surface area contributed by atoms with Gasteiger partial charge in [0, 0.05) is 29.0 Å². The van der Waals surface area contributed by atoms with Crippen LogP contribution in [0.1, 0.15) is 32.3 Å². The maximum absolute atomic E-state index is 13.5. The number of ether oxygens (including phenoxy) is 1. The van der Waals surface area contributed by atoms with Crippen molar-refractivity contribution in [1.82, 2.24) is 0 Å². The van der Waals surface area contributed by atoms with Crippen LogP contribution >= 0.6 is 11.3 Å². The molecule has 0 unspecified atom stereocenters. The largest absolute Gasteiger partial charge is 0.457 e. The summed E-state index contributed by atoms with van der Waals surface area (Å²) in [6.45, 7) is 0.643. The molecular weight excluding hydrogens is 432 g/mol. The molecule has 5 nitrogen and oxygen atoms in total. The molecule has 0 spiro atoms. The second-order valence-electron chi connectivity index (χ2n) is 8.13. The molecule has 162 valence electrons. The Balaban J connectivity index is 1.32. The van der Waals surface area contributed by atoms with Gasteiger partial charge in [0.25, 0.3) is 5.91 Å². The van der Waals surface area contributed by atoms with Crippen LogP contribution in [0.25, 0.3) is 0 Å². The summed E-state index contributed by atoms with van der Waals surface area (Å²) in [6, 6.07) is 24.8. The summed E-state index contributed by atoms with van der Waals surface area (Å²) in [4.78, 5) is 29.0. The molecule has 33 heavy (non-hydrogen) atoms. The number of hydrogen-bond donors (Lipinski definition) is 1. The first-order valence-corrected chi connectivity index (χ1v) is 11.7. The minimum absolute atomic E-state index is 0.000453. The van der Waals surface area contributed by atoms with Crippen LogP contribution in [0.3, 0.4) is 0 Å². The molecule has 3 aromatic carbocycles. The number of hydrogen-bond acceptors (Lipinski definition) is 4. The van der Waals surface area contributed by atoms with E-state index < -0.39 is 5.92 Å². The molecule has 6 heteroatoms. The Morgan fingerprint density at radius 2 is 1.64 bits per heavy atom. The zero-order valence-corrected chi connectivity index (χ0v) is 18.5. The van der Waals surface area contributed by atoms with Gasteiger partial charge in [0.1, 0.15) is 11.5 Å². The summed E-state index contributed by atoms with van der Waals surface area (Å²) in [5, 5.41) is 4.99. The summed E-state index contributed by atoms with van der Waals surface area (Å²) >= 11 is 1.44. The van der Waals surface area contributed by atoms with Crippen molar-refractivity contribution < 1.29 is 14.3 Å². The van der Waals surface area contributed by atoms with E-state index in [-0.39, 0.29) is 11.8 Å². The lowest BCUT2D eigenvalue weighted by atomic mass is 9.87. The maximum atomic E-state index is 13.5. The van der Waals surface area contributed by atoms with Crippen molar-refractivity contribution in [3.8, 4) is 11.5 Å². The summed E-state index contributed by atoms with van der Waals surface area (Å²) < 4.78 is 6.02. The highest BCUT2D eigenvalue weighted by atomic mass is 32.1. The van der Waals surface area contributed by atoms with E-state index in [4.69, 9.17) is 4.74 Å². The van der Waals surface area contributed by atoms with Crippen molar-refractivity contribution in [2.24, 2.45) is 0 Å². The fraction of sp³-hybridized carbons (Fsp3) is 0.111. The predicted molar refractivity (Wildman–Crippen MR) is 130 cm³/mol. The molecule has 4 aromatic rings. The summed E-state index contributed by atoms with van der Waals surface area (Å²) in [5.74, 6) is 0.770. The van der Waals surface area contributed by atoms with Crippen molar-refractivity contribution in [3.05, 3.63) is 106 Å². The van der Waals surface area contributed by atoms with Crippen molar-refractivity contribution in [2.45, 2.75) is 12.3 Å². The Bertz CT molecular complexity index is 1330. The third-order valence-corrected chi connectivity index (χ3v) is 7.03. The van der Waals surface area contributed by atoms with Crippen molar-refractivity contribution in [3.63, 3.8) is 0 Å². The predicted octanol–water partition coefficient (Wildman–Crippen LogP) is 5.83. The summed E-state index contributed by atoms with van der Waals surface area (Å²) in [7, 11) is 0. The molecule has 1 aromatic heterocycles. The van der Waals surface area contributed by atoms with Gasteiger partial charge in [-0.2, -0.15) is 0 Å². The number of anilines is 2. The van der Waals surface area contributed by atoms with E-state index in [1.807, 2.05) is 84.2 Å². The van der Waals surface area contributed by atoms with Crippen LogP contribution in [0.2, 0.25) is 0 Å². The summed E-state index contributed by atoms with van der Waals surface area (Å²) in [6.07, 6.45) is 0.807. The average molecular weight is 453 g/mol. The number of fused-ring (bicyclic) bond motifs is 3. The van der Waals surface area contributed by atoms with Crippen LogP contribution in [0.5, 0.6) is 11.5 Å². The van der Waals surface area contributed by atoms with Crippen LogP contribution in [-0.2, 0) is 11.2 Å². The van der Waals surface area contributed by atoms with Gasteiger partial charge in [-0.3, -0.25) is 9.59 Å². The fourth-order valence-electron chi connectivity index (χ4n) is 4.61. The molecule has 2 aliphatic heterocycles. The third-order valence-electron chi connectivity index (χ3n) is 6.17. The Hall–Kier alpha value is -3.90. The number of amides is 2. The number of rotatable bonds is 3. The van der Waals surface area contributed by atoms with Gasteiger partial charge < -0.3 is 15.0 Å². The van der Waals surface area contributed by atoms with Gasteiger partial charge in [0.05, 0.1) is 10.8 Å². The SMILES string of the molecule is O=C(Nc1ccc2c(c1)N(C(=O)c1cccs1)CC2)C1c2ccccc2Oc2ccccc21. The Kier molecular flexibility index (Phi) is 4.73. The van der Waals surface area contributed by atoms with Gasteiger partial charge in [0.2, 0.25) is 5.91 Å². The van der Waals surface area contributed by atoms with Gasteiger partial charge in [0.15, 0.2) is 0 Å². The molecule has 6 rings (SSSR count). The van der Waals surface area contributed by atoms with Crippen LogP contribution in [0.4, 0.5) is 11.4 Å². The quantitative estimate of drug-likeness (QED) is 0.426. The number of benzene rings is 3. The van der Waals surface area contributed by atoms with Gasteiger partial charge in [-0.25, -0.2) is 0 Å². The van der Waals surface area contributed by atoms with Gasteiger partial charge >= 0.3 is 0 Å². The molecule has 0 fully saturated rings. The van der Waals surface area contributed by atoms with Gasteiger partial charge in [-0.15, -0.1) is 11.3 Å². The normalized spacial score (nSPS) is 14.1. The maximum Gasteiger partial charge on any atom is 0.268 e. The van der Waals surface area contributed by atoms with Crippen molar-refractivity contribution in [2.75, 3.05) is 16.8 Å².